The molecule has 0 saturated heterocycles. The van der Waals surface area contributed by atoms with Gasteiger partial charge < -0.3 is 5.32 Å². The molecule has 0 radical (unpaired) electrons. The van der Waals surface area contributed by atoms with E-state index in [4.69, 9.17) is 11.6 Å². The van der Waals surface area contributed by atoms with Crippen LogP contribution in [0.5, 0.6) is 0 Å². The van der Waals surface area contributed by atoms with Crippen LogP contribution in [0.1, 0.15) is 18.0 Å². The zero-order valence-corrected chi connectivity index (χ0v) is 13.9. The molecule has 23 heavy (non-hydrogen) atoms. The Hall–Kier alpha value is -1.92. The van der Waals surface area contributed by atoms with Crippen LogP contribution in [0.15, 0.2) is 36.7 Å². The summed E-state index contributed by atoms with van der Waals surface area (Å²) in [4.78, 5) is 14.2. The maximum absolute atomic E-state index is 13.0. The number of amides is 1. The van der Waals surface area contributed by atoms with Gasteiger partial charge in [0, 0.05) is 19.3 Å². The first-order chi connectivity index (χ1) is 11.0. The molecule has 1 aromatic carbocycles. The van der Waals surface area contributed by atoms with E-state index in [9.17, 15) is 9.18 Å². The minimum absolute atomic E-state index is 0.111. The number of likely N-dealkylation sites (N-methyl/N-ethyl adjacent to an activating group) is 1. The molecule has 0 fully saturated rings. The van der Waals surface area contributed by atoms with Crippen LogP contribution in [0.2, 0.25) is 5.02 Å². The van der Waals surface area contributed by atoms with Gasteiger partial charge in [0.25, 0.3) is 0 Å². The fourth-order valence-electron chi connectivity index (χ4n) is 2.34. The number of carbonyl (C=O) groups is 1. The lowest BCUT2D eigenvalue weighted by molar-refractivity contribution is -0.125. The van der Waals surface area contributed by atoms with Crippen LogP contribution in [0, 0.1) is 5.82 Å². The average Bonchev–Trinajstić information content (AvgIpc) is 2.91. The second-order valence-electron chi connectivity index (χ2n) is 5.48. The lowest BCUT2D eigenvalue weighted by Gasteiger charge is -2.23. The van der Waals surface area contributed by atoms with Crippen molar-refractivity contribution in [3.05, 3.63) is 53.1 Å². The van der Waals surface area contributed by atoms with E-state index < -0.39 is 6.04 Å². The number of aryl methyl sites for hydroxylation is 1. The summed E-state index contributed by atoms with van der Waals surface area (Å²) in [5.74, 6) is -0.426. The second kappa shape index (κ2) is 8.08. The van der Waals surface area contributed by atoms with Crippen LogP contribution in [0.25, 0.3) is 0 Å². The number of hydrogen-bond acceptors (Lipinski definition) is 3. The van der Waals surface area contributed by atoms with Crippen molar-refractivity contribution < 1.29 is 9.18 Å². The van der Waals surface area contributed by atoms with Gasteiger partial charge in [-0.15, -0.1) is 0 Å². The first-order valence-electron chi connectivity index (χ1n) is 7.35. The number of nitrogens with zero attached hydrogens (tertiary/aromatic N) is 3. The van der Waals surface area contributed by atoms with Crippen LogP contribution in [0.3, 0.4) is 0 Å². The molecule has 1 atom stereocenters. The molecular weight excluding hydrogens is 319 g/mol. The molecule has 0 saturated carbocycles. The van der Waals surface area contributed by atoms with Crippen LogP contribution in [0.4, 0.5) is 4.39 Å². The lowest BCUT2D eigenvalue weighted by atomic mass is 10.1. The minimum atomic E-state index is -0.449. The van der Waals surface area contributed by atoms with E-state index in [1.807, 2.05) is 14.1 Å². The summed E-state index contributed by atoms with van der Waals surface area (Å²) in [6.45, 7) is 1.21. The molecule has 2 aromatic rings. The van der Waals surface area contributed by atoms with Crippen LogP contribution in [-0.2, 0) is 11.3 Å². The predicted octanol–water partition coefficient (Wildman–Crippen LogP) is 2.48. The van der Waals surface area contributed by atoms with Crippen LogP contribution >= 0.6 is 11.6 Å². The van der Waals surface area contributed by atoms with Crippen molar-refractivity contribution in [1.29, 1.82) is 0 Å². The Morgan fingerprint density at radius 2 is 2.09 bits per heavy atom. The molecule has 2 rings (SSSR count). The number of aromatic nitrogens is 2. The molecule has 0 spiro atoms. The number of carbonyl (C=O) groups excluding carboxylic acids is 1. The quantitative estimate of drug-likeness (QED) is 0.789. The van der Waals surface area contributed by atoms with Crippen molar-refractivity contribution >= 4 is 17.5 Å². The summed E-state index contributed by atoms with van der Waals surface area (Å²) in [7, 11) is 3.64. The van der Waals surface area contributed by atoms with Gasteiger partial charge in [0.15, 0.2) is 0 Å². The van der Waals surface area contributed by atoms with E-state index in [0.29, 0.717) is 18.1 Å². The summed E-state index contributed by atoms with van der Waals surface area (Å²) >= 11 is 5.79. The molecule has 1 aromatic heterocycles. The standard InChI is InChI=1S/C16H20ClFN4O/c1-21(2)15(12-4-6-14(18)7-5-12)16(23)19-8-3-9-22-11-13(17)10-20-22/h4-7,10-11,15H,3,8-9H2,1-2H3,(H,19,23)/t15-/m1/s1. The van der Waals surface area contributed by atoms with E-state index >= 15 is 0 Å². The number of nitrogens with one attached hydrogen (secondary N) is 1. The Morgan fingerprint density at radius 1 is 1.39 bits per heavy atom. The highest BCUT2D eigenvalue weighted by Gasteiger charge is 2.22. The topological polar surface area (TPSA) is 50.2 Å². The Kier molecular flexibility index (Phi) is 6.12. The third-order valence-electron chi connectivity index (χ3n) is 3.42. The number of halogens is 2. The first-order valence-corrected chi connectivity index (χ1v) is 7.72. The smallest absolute Gasteiger partial charge is 0.241 e. The third-order valence-corrected chi connectivity index (χ3v) is 3.61. The maximum Gasteiger partial charge on any atom is 0.241 e. The molecule has 0 aliphatic heterocycles. The Morgan fingerprint density at radius 3 is 2.65 bits per heavy atom. The molecule has 0 unspecified atom stereocenters. The van der Waals surface area contributed by atoms with E-state index in [1.54, 1.807) is 34.1 Å². The van der Waals surface area contributed by atoms with Gasteiger partial charge in [0.1, 0.15) is 11.9 Å². The molecular formula is C16H20ClFN4O. The van der Waals surface area contributed by atoms with E-state index in [0.717, 1.165) is 12.0 Å². The predicted molar refractivity (Wildman–Crippen MR) is 87.7 cm³/mol. The van der Waals surface area contributed by atoms with Gasteiger partial charge in [-0.2, -0.15) is 5.10 Å². The number of benzene rings is 1. The molecule has 7 heteroatoms. The monoisotopic (exact) mass is 338 g/mol. The fraction of sp³-hybridized carbons (Fsp3) is 0.375. The second-order valence-corrected chi connectivity index (χ2v) is 5.92. The van der Waals surface area contributed by atoms with Crippen molar-refractivity contribution in [2.24, 2.45) is 0 Å². The molecule has 1 N–H and O–H groups in total. The van der Waals surface area contributed by atoms with E-state index in [-0.39, 0.29) is 11.7 Å². The van der Waals surface area contributed by atoms with E-state index in [2.05, 4.69) is 10.4 Å². The van der Waals surface area contributed by atoms with Crippen molar-refractivity contribution in [3.8, 4) is 0 Å². The Bertz CT molecular complexity index is 642. The lowest BCUT2D eigenvalue weighted by Crippen LogP contribution is -2.37. The molecule has 1 amide bonds. The Labute approximate surface area is 140 Å². The molecule has 0 bridgehead atoms. The van der Waals surface area contributed by atoms with Gasteiger partial charge in [-0.25, -0.2) is 4.39 Å². The molecule has 124 valence electrons. The first kappa shape index (κ1) is 17.4. The number of rotatable bonds is 7. The summed E-state index contributed by atoms with van der Waals surface area (Å²) < 4.78 is 14.8. The van der Waals surface area contributed by atoms with Crippen LogP contribution in [-0.4, -0.2) is 41.2 Å². The highest BCUT2D eigenvalue weighted by Crippen LogP contribution is 2.18. The zero-order chi connectivity index (χ0) is 16.8. The van der Waals surface area contributed by atoms with Crippen molar-refractivity contribution in [2.75, 3.05) is 20.6 Å². The molecule has 5 nitrogen and oxygen atoms in total. The summed E-state index contributed by atoms with van der Waals surface area (Å²) in [5, 5.41) is 7.58. The molecule has 1 heterocycles. The normalized spacial score (nSPS) is 12.4. The SMILES string of the molecule is CN(C)[C@@H](C(=O)NCCCn1cc(Cl)cn1)c1ccc(F)cc1. The Balaban J connectivity index is 1.87. The molecule has 0 aliphatic rings. The van der Waals surface area contributed by atoms with Gasteiger partial charge in [-0.1, -0.05) is 23.7 Å². The fourth-order valence-corrected chi connectivity index (χ4v) is 2.50. The summed E-state index contributed by atoms with van der Waals surface area (Å²) in [6, 6.07) is 5.53. The third kappa shape index (κ3) is 5.04. The van der Waals surface area contributed by atoms with Gasteiger partial charge in [0.05, 0.1) is 11.2 Å². The van der Waals surface area contributed by atoms with Gasteiger partial charge in [-0.05, 0) is 38.2 Å². The largest absolute Gasteiger partial charge is 0.354 e. The highest BCUT2D eigenvalue weighted by atomic mass is 35.5. The van der Waals surface area contributed by atoms with Gasteiger partial charge >= 0.3 is 0 Å². The van der Waals surface area contributed by atoms with Gasteiger partial charge in [-0.3, -0.25) is 14.4 Å². The van der Waals surface area contributed by atoms with Crippen molar-refractivity contribution in [3.63, 3.8) is 0 Å². The van der Waals surface area contributed by atoms with E-state index in [1.165, 1.54) is 12.1 Å². The number of hydrogen-bond donors (Lipinski definition) is 1. The van der Waals surface area contributed by atoms with Crippen molar-refractivity contribution in [2.45, 2.75) is 19.0 Å². The molecule has 0 aliphatic carbocycles. The minimum Gasteiger partial charge on any atom is -0.354 e. The average molecular weight is 339 g/mol. The highest BCUT2D eigenvalue weighted by molar-refractivity contribution is 6.30. The maximum atomic E-state index is 13.0. The van der Waals surface area contributed by atoms with Crippen LogP contribution < -0.4 is 5.32 Å². The zero-order valence-electron chi connectivity index (χ0n) is 13.2. The van der Waals surface area contributed by atoms with Crippen molar-refractivity contribution in [1.82, 2.24) is 20.0 Å². The van der Waals surface area contributed by atoms with Gasteiger partial charge in [0.2, 0.25) is 5.91 Å². The summed E-state index contributed by atoms with van der Waals surface area (Å²) in [5.41, 5.74) is 0.757. The summed E-state index contributed by atoms with van der Waals surface area (Å²) in [6.07, 6.45) is 4.06.